The van der Waals surface area contributed by atoms with Gasteiger partial charge in [-0.25, -0.2) is 8.42 Å². The smallest absolute Gasteiger partial charge is 0.148 e. The van der Waals surface area contributed by atoms with Gasteiger partial charge < -0.3 is 10.6 Å². The van der Waals surface area contributed by atoms with E-state index < -0.39 is 15.9 Å². The van der Waals surface area contributed by atoms with Gasteiger partial charge in [0.25, 0.3) is 0 Å². The highest BCUT2D eigenvalue weighted by atomic mass is 32.2. The van der Waals surface area contributed by atoms with Crippen LogP contribution in [-0.4, -0.2) is 51.5 Å². The highest BCUT2D eigenvalue weighted by Gasteiger charge is 2.08. The molecule has 0 spiro atoms. The van der Waals surface area contributed by atoms with Crippen molar-refractivity contribution in [3.05, 3.63) is 0 Å². The van der Waals surface area contributed by atoms with Crippen molar-refractivity contribution in [3.8, 4) is 6.07 Å². The van der Waals surface area contributed by atoms with Gasteiger partial charge in [-0.3, -0.25) is 0 Å². The second kappa shape index (κ2) is 5.17. The minimum atomic E-state index is -2.93. The van der Waals surface area contributed by atoms with Gasteiger partial charge in [0.2, 0.25) is 0 Å². The topological polar surface area (TPSA) is 87.2 Å². The van der Waals surface area contributed by atoms with Gasteiger partial charge in [-0.1, -0.05) is 0 Å². The molecule has 0 aromatic carbocycles. The van der Waals surface area contributed by atoms with Crippen LogP contribution >= 0.6 is 0 Å². The monoisotopic (exact) mass is 205 g/mol. The summed E-state index contributed by atoms with van der Waals surface area (Å²) in [6.45, 7) is 0.806. The molecule has 0 radical (unpaired) electrons. The predicted octanol–water partition coefficient (Wildman–Crippen LogP) is -1.19. The summed E-state index contributed by atoms with van der Waals surface area (Å²) in [5, 5.41) is 8.39. The second-order valence-corrected chi connectivity index (χ2v) is 5.39. The third kappa shape index (κ3) is 7.71. The summed E-state index contributed by atoms with van der Waals surface area (Å²) in [6.07, 6.45) is 1.19. The van der Waals surface area contributed by atoms with Crippen molar-refractivity contribution in [2.75, 3.05) is 32.1 Å². The molecule has 0 amide bonds. The zero-order valence-corrected chi connectivity index (χ0v) is 8.71. The molecule has 2 N–H and O–H groups in total. The van der Waals surface area contributed by atoms with Crippen LogP contribution in [0.4, 0.5) is 0 Å². The average molecular weight is 205 g/mol. The lowest BCUT2D eigenvalue weighted by molar-refractivity contribution is 0.346. The number of rotatable bonds is 5. The number of hydrogen-bond acceptors (Lipinski definition) is 5. The van der Waals surface area contributed by atoms with Crippen LogP contribution in [0.5, 0.6) is 0 Å². The van der Waals surface area contributed by atoms with Gasteiger partial charge in [0, 0.05) is 19.3 Å². The van der Waals surface area contributed by atoms with Gasteiger partial charge >= 0.3 is 0 Å². The SMILES string of the molecule is CN(CCS(C)(=O)=O)CC(N)C#N. The molecule has 0 saturated heterocycles. The van der Waals surface area contributed by atoms with Gasteiger partial charge in [-0.2, -0.15) is 5.26 Å². The highest BCUT2D eigenvalue weighted by molar-refractivity contribution is 7.90. The van der Waals surface area contributed by atoms with Crippen molar-refractivity contribution in [2.24, 2.45) is 5.73 Å². The van der Waals surface area contributed by atoms with Crippen molar-refractivity contribution in [3.63, 3.8) is 0 Å². The Morgan fingerprint density at radius 1 is 1.62 bits per heavy atom. The van der Waals surface area contributed by atoms with E-state index >= 15 is 0 Å². The van der Waals surface area contributed by atoms with E-state index in [9.17, 15) is 8.42 Å². The summed E-state index contributed by atoms with van der Waals surface area (Å²) >= 11 is 0. The maximum Gasteiger partial charge on any atom is 0.148 e. The van der Waals surface area contributed by atoms with E-state index in [2.05, 4.69) is 0 Å². The summed E-state index contributed by atoms with van der Waals surface area (Å²) in [7, 11) is -1.19. The first-order valence-electron chi connectivity index (χ1n) is 3.86. The van der Waals surface area contributed by atoms with Crippen LogP contribution in [0.3, 0.4) is 0 Å². The Kier molecular flexibility index (Phi) is 4.91. The lowest BCUT2D eigenvalue weighted by Crippen LogP contribution is -2.36. The van der Waals surface area contributed by atoms with Gasteiger partial charge in [-0.05, 0) is 7.05 Å². The zero-order valence-electron chi connectivity index (χ0n) is 7.90. The van der Waals surface area contributed by atoms with Crippen LogP contribution in [0.15, 0.2) is 0 Å². The number of nitrogens with zero attached hydrogens (tertiary/aromatic N) is 2. The molecule has 0 aliphatic rings. The van der Waals surface area contributed by atoms with Gasteiger partial charge in [0.05, 0.1) is 11.8 Å². The number of likely N-dealkylation sites (N-methyl/N-ethyl adjacent to an activating group) is 1. The molecule has 1 unspecified atom stereocenters. The van der Waals surface area contributed by atoms with Crippen molar-refractivity contribution in [2.45, 2.75) is 6.04 Å². The molecule has 0 saturated carbocycles. The first-order chi connectivity index (χ1) is 5.85. The normalized spacial score (nSPS) is 14.1. The van der Waals surface area contributed by atoms with Crippen molar-refractivity contribution in [1.29, 1.82) is 5.26 Å². The minimum Gasteiger partial charge on any atom is -0.315 e. The fraction of sp³-hybridized carbons (Fsp3) is 0.857. The largest absolute Gasteiger partial charge is 0.315 e. The third-order valence-corrected chi connectivity index (χ3v) is 2.44. The molecule has 0 bridgehead atoms. The van der Waals surface area contributed by atoms with Crippen LogP contribution < -0.4 is 5.73 Å². The molecule has 6 heteroatoms. The first-order valence-corrected chi connectivity index (χ1v) is 5.92. The number of sulfone groups is 1. The van der Waals surface area contributed by atoms with E-state index in [0.717, 1.165) is 0 Å². The second-order valence-electron chi connectivity index (χ2n) is 3.13. The van der Waals surface area contributed by atoms with E-state index in [1.165, 1.54) is 6.26 Å². The minimum absolute atomic E-state index is 0.0989. The van der Waals surface area contributed by atoms with E-state index in [1.54, 1.807) is 11.9 Å². The Hall–Kier alpha value is -0.640. The predicted molar refractivity (Wildman–Crippen MR) is 50.8 cm³/mol. The van der Waals surface area contributed by atoms with E-state index in [4.69, 9.17) is 11.0 Å². The molecule has 0 aromatic heterocycles. The van der Waals surface area contributed by atoms with Crippen LogP contribution in [-0.2, 0) is 9.84 Å². The van der Waals surface area contributed by atoms with Crippen LogP contribution in [0.25, 0.3) is 0 Å². The maximum atomic E-state index is 10.8. The molecule has 0 fully saturated rings. The fourth-order valence-electron chi connectivity index (χ4n) is 0.790. The lowest BCUT2D eigenvalue weighted by Gasteiger charge is -2.16. The Balaban J connectivity index is 3.78. The van der Waals surface area contributed by atoms with Crippen molar-refractivity contribution >= 4 is 9.84 Å². The summed E-state index contributed by atoms with van der Waals surface area (Å²) in [5.41, 5.74) is 5.36. The molecule has 1 atom stereocenters. The van der Waals surface area contributed by atoms with E-state index in [0.29, 0.717) is 13.1 Å². The Morgan fingerprint density at radius 2 is 2.15 bits per heavy atom. The van der Waals surface area contributed by atoms with Gasteiger partial charge in [0.1, 0.15) is 15.9 Å². The van der Waals surface area contributed by atoms with Crippen molar-refractivity contribution in [1.82, 2.24) is 4.90 Å². The van der Waals surface area contributed by atoms with Crippen LogP contribution in [0.2, 0.25) is 0 Å². The summed E-state index contributed by atoms with van der Waals surface area (Å²) < 4.78 is 21.5. The number of nitriles is 1. The molecular weight excluding hydrogens is 190 g/mol. The van der Waals surface area contributed by atoms with Crippen LogP contribution in [0.1, 0.15) is 0 Å². The Bertz CT molecular complexity index is 281. The maximum absolute atomic E-state index is 10.8. The van der Waals surface area contributed by atoms with Crippen molar-refractivity contribution < 1.29 is 8.42 Å². The molecule has 0 aromatic rings. The van der Waals surface area contributed by atoms with E-state index in [-0.39, 0.29) is 5.75 Å². The lowest BCUT2D eigenvalue weighted by atomic mass is 10.3. The first kappa shape index (κ1) is 12.4. The quantitative estimate of drug-likeness (QED) is 0.610. The molecular formula is C7H15N3O2S. The molecule has 5 nitrogen and oxygen atoms in total. The van der Waals surface area contributed by atoms with Gasteiger partial charge in [-0.15, -0.1) is 0 Å². The zero-order chi connectivity index (χ0) is 10.5. The Morgan fingerprint density at radius 3 is 2.54 bits per heavy atom. The Labute approximate surface area is 79.0 Å². The molecule has 13 heavy (non-hydrogen) atoms. The molecule has 0 aliphatic carbocycles. The summed E-state index contributed by atoms with van der Waals surface area (Å²) in [6, 6.07) is 1.33. The standard InChI is InChI=1S/C7H15N3O2S/c1-10(6-7(9)5-8)3-4-13(2,11)12/h7H,3-4,6,9H2,1-2H3. The molecule has 76 valence electrons. The highest BCUT2D eigenvalue weighted by Crippen LogP contribution is 1.89. The number of nitrogens with two attached hydrogens (primary N) is 1. The molecule has 0 aliphatic heterocycles. The third-order valence-electron chi connectivity index (χ3n) is 1.52. The van der Waals surface area contributed by atoms with Crippen LogP contribution in [0, 0.1) is 11.3 Å². The van der Waals surface area contributed by atoms with Gasteiger partial charge in [0.15, 0.2) is 0 Å². The molecule has 0 rings (SSSR count). The van der Waals surface area contributed by atoms with E-state index in [1.807, 2.05) is 6.07 Å². The summed E-state index contributed by atoms with van der Waals surface area (Å²) in [5.74, 6) is 0.0989. The fourth-order valence-corrected chi connectivity index (χ4v) is 1.43. The summed E-state index contributed by atoms with van der Waals surface area (Å²) in [4.78, 5) is 1.73. The average Bonchev–Trinajstić information content (AvgIpc) is 1.99. The molecule has 0 heterocycles. The number of hydrogen-bond donors (Lipinski definition) is 1.